The third-order valence-corrected chi connectivity index (χ3v) is 2.90. The highest BCUT2D eigenvalue weighted by Crippen LogP contribution is 2.13. The molecule has 1 heterocycles. The fraction of sp³-hybridized carbons (Fsp3) is 0.583. The summed E-state index contributed by atoms with van der Waals surface area (Å²) in [4.78, 5) is 14.0. The van der Waals surface area contributed by atoms with Crippen LogP contribution in [0.3, 0.4) is 0 Å². The van der Waals surface area contributed by atoms with Crippen molar-refractivity contribution in [2.24, 2.45) is 0 Å². The lowest BCUT2D eigenvalue weighted by molar-refractivity contribution is -0.127. The van der Waals surface area contributed by atoms with Crippen molar-refractivity contribution >= 4 is 5.91 Å². The van der Waals surface area contributed by atoms with Gasteiger partial charge in [-0.15, -0.1) is 0 Å². The van der Waals surface area contributed by atoms with Gasteiger partial charge in [-0.05, 0) is 19.8 Å². The van der Waals surface area contributed by atoms with Gasteiger partial charge in [-0.1, -0.05) is 18.2 Å². The molecule has 0 bridgehead atoms. The summed E-state index contributed by atoms with van der Waals surface area (Å²) in [5, 5.41) is 3.34. The molecule has 1 fully saturated rings. The summed E-state index contributed by atoms with van der Waals surface area (Å²) in [5.41, 5.74) is 0.871. The third-order valence-electron chi connectivity index (χ3n) is 2.90. The van der Waals surface area contributed by atoms with Gasteiger partial charge in [0.05, 0.1) is 0 Å². The maximum Gasteiger partial charge on any atom is 0.253 e. The van der Waals surface area contributed by atoms with Crippen molar-refractivity contribution in [2.75, 3.05) is 19.6 Å². The van der Waals surface area contributed by atoms with Gasteiger partial charge in [0.1, 0.15) is 0 Å². The van der Waals surface area contributed by atoms with Gasteiger partial charge in [0, 0.05) is 31.2 Å². The van der Waals surface area contributed by atoms with Gasteiger partial charge in [0.15, 0.2) is 0 Å². The van der Waals surface area contributed by atoms with E-state index in [1.54, 1.807) is 0 Å². The quantitative estimate of drug-likeness (QED) is 0.696. The van der Waals surface area contributed by atoms with Crippen LogP contribution in [0.2, 0.25) is 0 Å². The molecule has 1 aliphatic carbocycles. The van der Waals surface area contributed by atoms with E-state index >= 15 is 0 Å². The maximum atomic E-state index is 12.1. The number of carbonyl (C=O) groups excluding carboxylic acids is 1. The highest BCUT2D eigenvalue weighted by atomic mass is 16.2. The maximum absolute atomic E-state index is 12.1. The van der Waals surface area contributed by atoms with Crippen LogP contribution in [-0.2, 0) is 4.79 Å². The molecule has 1 saturated heterocycles. The summed E-state index contributed by atoms with van der Waals surface area (Å²) in [6, 6.07) is 0.413. The molecule has 82 valence electrons. The van der Waals surface area contributed by atoms with Crippen LogP contribution in [0.15, 0.2) is 23.8 Å². The van der Waals surface area contributed by atoms with Crippen molar-refractivity contribution in [1.82, 2.24) is 10.2 Å². The summed E-state index contributed by atoms with van der Waals surface area (Å²) in [6.45, 7) is 4.67. The molecule has 1 aliphatic heterocycles. The van der Waals surface area contributed by atoms with Crippen molar-refractivity contribution < 1.29 is 4.79 Å². The van der Waals surface area contributed by atoms with E-state index in [4.69, 9.17) is 0 Å². The van der Waals surface area contributed by atoms with Crippen LogP contribution < -0.4 is 5.32 Å². The number of rotatable bonds is 1. The molecule has 1 amide bonds. The monoisotopic (exact) mass is 206 g/mol. The molecule has 2 aliphatic rings. The molecule has 0 aromatic heterocycles. The second-order valence-electron chi connectivity index (χ2n) is 4.25. The lowest BCUT2D eigenvalue weighted by Gasteiger charge is -2.32. The number of nitrogens with zero attached hydrogens (tertiary/aromatic N) is 1. The van der Waals surface area contributed by atoms with E-state index in [9.17, 15) is 4.79 Å². The molecule has 0 spiro atoms. The second-order valence-corrected chi connectivity index (χ2v) is 4.25. The summed E-state index contributed by atoms with van der Waals surface area (Å²) in [5.74, 6) is 0.194. The standard InChI is InChI=1S/C12H18N2O/c1-10-9-14(8-7-13-10)12(15)11-5-3-2-4-6-11/h3,5-6,10,13H,2,4,7-9H2,1H3/t10-/m1/s1. The molecular formula is C12H18N2O. The summed E-state index contributed by atoms with van der Waals surface area (Å²) in [7, 11) is 0. The minimum atomic E-state index is 0.194. The largest absolute Gasteiger partial charge is 0.336 e. The average Bonchev–Trinajstić information content (AvgIpc) is 2.29. The first-order valence-electron chi connectivity index (χ1n) is 5.67. The Kier molecular flexibility index (Phi) is 3.21. The van der Waals surface area contributed by atoms with E-state index in [1.807, 2.05) is 11.0 Å². The van der Waals surface area contributed by atoms with Gasteiger partial charge in [0.2, 0.25) is 0 Å². The van der Waals surface area contributed by atoms with Crippen LogP contribution in [0.1, 0.15) is 19.8 Å². The van der Waals surface area contributed by atoms with Gasteiger partial charge < -0.3 is 10.2 Å². The first-order valence-corrected chi connectivity index (χ1v) is 5.67. The number of piperazine rings is 1. The Bertz CT molecular complexity index is 307. The van der Waals surface area contributed by atoms with Crippen molar-refractivity contribution in [3.63, 3.8) is 0 Å². The topological polar surface area (TPSA) is 32.3 Å². The number of allylic oxidation sites excluding steroid dienone is 2. The Morgan fingerprint density at radius 1 is 1.53 bits per heavy atom. The van der Waals surface area contributed by atoms with Gasteiger partial charge in [-0.2, -0.15) is 0 Å². The molecule has 0 saturated carbocycles. The van der Waals surface area contributed by atoms with Gasteiger partial charge >= 0.3 is 0 Å². The number of amides is 1. The number of hydrogen-bond acceptors (Lipinski definition) is 2. The first kappa shape index (κ1) is 10.4. The third kappa shape index (κ3) is 2.48. The zero-order valence-corrected chi connectivity index (χ0v) is 9.20. The minimum Gasteiger partial charge on any atom is -0.336 e. The lowest BCUT2D eigenvalue weighted by Crippen LogP contribution is -2.51. The minimum absolute atomic E-state index is 0.194. The van der Waals surface area contributed by atoms with Gasteiger partial charge in [-0.3, -0.25) is 4.79 Å². The van der Waals surface area contributed by atoms with Crippen molar-refractivity contribution in [3.8, 4) is 0 Å². The molecule has 0 radical (unpaired) electrons. The van der Waals surface area contributed by atoms with E-state index in [0.717, 1.165) is 38.0 Å². The molecule has 1 N–H and O–H groups in total. The predicted molar refractivity (Wildman–Crippen MR) is 60.5 cm³/mol. The SMILES string of the molecule is C[C@@H]1CN(C(=O)C2=CCCC=C2)CCN1. The van der Waals surface area contributed by atoms with Gasteiger partial charge in [-0.25, -0.2) is 0 Å². The Morgan fingerprint density at radius 2 is 2.40 bits per heavy atom. The lowest BCUT2D eigenvalue weighted by atomic mass is 10.1. The van der Waals surface area contributed by atoms with Gasteiger partial charge in [0.25, 0.3) is 5.91 Å². The van der Waals surface area contributed by atoms with E-state index in [1.165, 1.54) is 0 Å². The highest BCUT2D eigenvalue weighted by Gasteiger charge is 2.22. The zero-order valence-electron chi connectivity index (χ0n) is 9.20. The molecule has 0 aromatic rings. The van der Waals surface area contributed by atoms with E-state index in [0.29, 0.717) is 6.04 Å². The van der Waals surface area contributed by atoms with Crippen LogP contribution in [0.25, 0.3) is 0 Å². The Morgan fingerprint density at radius 3 is 3.07 bits per heavy atom. The number of carbonyl (C=O) groups is 1. The zero-order chi connectivity index (χ0) is 10.7. The van der Waals surface area contributed by atoms with E-state index in [2.05, 4.69) is 24.4 Å². The molecule has 3 heteroatoms. The molecule has 0 unspecified atom stereocenters. The fourth-order valence-corrected chi connectivity index (χ4v) is 2.07. The fourth-order valence-electron chi connectivity index (χ4n) is 2.07. The van der Waals surface area contributed by atoms with Crippen LogP contribution in [-0.4, -0.2) is 36.5 Å². The smallest absolute Gasteiger partial charge is 0.253 e. The number of hydrogen-bond donors (Lipinski definition) is 1. The summed E-state index contributed by atoms with van der Waals surface area (Å²) >= 11 is 0. The van der Waals surface area contributed by atoms with Crippen molar-refractivity contribution in [3.05, 3.63) is 23.8 Å². The molecule has 3 nitrogen and oxygen atoms in total. The highest BCUT2D eigenvalue weighted by molar-refractivity contribution is 5.96. The molecular weight excluding hydrogens is 188 g/mol. The number of nitrogens with one attached hydrogen (secondary N) is 1. The first-order chi connectivity index (χ1) is 7.27. The Labute approximate surface area is 90.8 Å². The molecule has 1 atom stereocenters. The molecule has 2 rings (SSSR count). The molecule has 15 heavy (non-hydrogen) atoms. The van der Waals surface area contributed by atoms with E-state index < -0.39 is 0 Å². The van der Waals surface area contributed by atoms with Crippen molar-refractivity contribution in [2.45, 2.75) is 25.8 Å². The predicted octanol–water partition coefficient (Wildman–Crippen LogP) is 1.08. The Balaban J connectivity index is 2.00. The van der Waals surface area contributed by atoms with Crippen LogP contribution in [0, 0.1) is 0 Å². The van der Waals surface area contributed by atoms with Crippen molar-refractivity contribution in [1.29, 1.82) is 0 Å². The van der Waals surface area contributed by atoms with Crippen LogP contribution >= 0.6 is 0 Å². The summed E-state index contributed by atoms with van der Waals surface area (Å²) < 4.78 is 0. The van der Waals surface area contributed by atoms with Crippen LogP contribution in [0.4, 0.5) is 0 Å². The Hall–Kier alpha value is -1.09. The molecule has 0 aromatic carbocycles. The normalized spacial score (nSPS) is 26.3. The second kappa shape index (κ2) is 4.62. The van der Waals surface area contributed by atoms with Crippen LogP contribution in [0.5, 0.6) is 0 Å². The van der Waals surface area contributed by atoms with E-state index in [-0.39, 0.29) is 5.91 Å². The average molecular weight is 206 g/mol. The summed E-state index contributed by atoms with van der Waals surface area (Å²) in [6.07, 6.45) is 8.15.